The van der Waals surface area contributed by atoms with E-state index in [0.29, 0.717) is 6.42 Å². The molecular weight excluding hydrogens is 234 g/mol. The SMILES string of the molecule is C(=Cc1ccccc1)Cc1ncc2cccnc2n1. The normalized spacial score (nSPS) is 11.2. The zero-order chi connectivity index (χ0) is 12.9. The van der Waals surface area contributed by atoms with E-state index in [0.717, 1.165) is 16.9 Å². The molecule has 92 valence electrons. The first-order valence-corrected chi connectivity index (χ1v) is 6.20. The lowest BCUT2D eigenvalue weighted by atomic mass is 10.2. The van der Waals surface area contributed by atoms with Crippen LogP contribution in [0.4, 0.5) is 0 Å². The average Bonchev–Trinajstić information content (AvgIpc) is 2.48. The molecule has 2 aromatic heterocycles. The summed E-state index contributed by atoms with van der Waals surface area (Å²) in [5, 5.41) is 0.971. The molecule has 1 aromatic carbocycles. The Morgan fingerprint density at radius 3 is 2.74 bits per heavy atom. The number of nitrogens with zero attached hydrogens (tertiary/aromatic N) is 3. The summed E-state index contributed by atoms with van der Waals surface area (Å²) in [4.78, 5) is 13.0. The number of hydrogen-bond acceptors (Lipinski definition) is 3. The highest BCUT2D eigenvalue weighted by Crippen LogP contribution is 2.08. The highest BCUT2D eigenvalue weighted by Gasteiger charge is 1.98. The molecule has 0 aliphatic carbocycles. The number of aromatic nitrogens is 3. The molecular formula is C16H13N3. The fourth-order valence-electron chi connectivity index (χ4n) is 1.86. The van der Waals surface area contributed by atoms with Crippen LogP contribution < -0.4 is 0 Å². The van der Waals surface area contributed by atoms with Crippen molar-refractivity contribution in [2.45, 2.75) is 6.42 Å². The Labute approximate surface area is 111 Å². The third-order valence-electron chi connectivity index (χ3n) is 2.81. The van der Waals surface area contributed by atoms with Gasteiger partial charge in [0.15, 0.2) is 5.65 Å². The van der Waals surface area contributed by atoms with Gasteiger partial charge in [-0.1, -0.05) is 42.5 Å². The molecule has 0 fully saturated rings. The lowest BCUT2D eigenvalue weighted by molar-refractivity contribution is 1.01. The quantitative estimate of drug-likeness (QED) is 0.713. The molecule has 0 unspecified atom stereocenters. The van der Waals surface area contributed by atoms with E-state index >= 15 is 0 Å². The van der Waals surface area contributed by atoms with Crippen molar-refractivity contribution < 1.29 is 0 Å². The molecule has 3 heteroatoms. The fraction of sp³-hybridized carbons (Fsp3) is 0.0625. The van der Waals surface area contributed by atoms with Crippen LogP contribution >= 0.6 is 0 Å². The molecule has 0 aliphatic rings. The van der Waals surface area contributed by atoms with Crippen molar-refractivity contribution in [1.82, 2.24) is 15.0 Å². The second-order valence-corrected chi connectivity index (χ2v) is 4.22. The van der Waals surface area contributed by atoms with E-state index in [1.54, 1.807) is 6.20 Å². The Hall–Kier alpha value is -2.55. The predicted molar refractivity (Wildman–Crippen MR) is 76.5 cm³/mol. The molecule has 0 spiro atoms. The van der Waals surface area contributed by atoms with E-state index in [1.165, 1.54) is 5.56 Å². The van der Waals surface area contributed by atoms with Crippen LogP contribution in [-0.4, -0.2) is 15.0 Å². The van der Waals surface area contributed by atoms with Crippen molar-refractivity contribution in [3.63, 3.8) is 0 Å². The van der Waals surface area contributed by atoms with E-state index in [-0.39, 0.29) is 0 Å². The molecule has 3 nitrogen and oxygen atoms in total. The Morgan fingerprint density at radius 2 is 1.84 bits per heavy atom. The minimum Gasteiger partial charge on any atom is -0.240 e. The largest absolute Gasteiger partial charge is 0.240 e. The number of hydrogen-bond donors (Lipinski definition) is 0. The molecule has 0 N–H and O–H groups in total. The van der Waals surface area contributed by atoms with Crippen LogP contribution in [0.5, 0.6) is 0 Å². The molecule has 0 atom stereocenters. The van der Waals surface area contributed by atoms with Gasteiger partial charge in [0.2, 0.25) is 0 Å². The highest BCUT2D eigenvalue weighted by atomic mass is 14.9. The van der Waals surface area contributed by atoms with Crippen molar-refractivity contribution >= 4 is 17.1 Å². The van der Waals surface area contributed by atoms with Crippen LogP contribution in [0.3, 0.4) is 0 Å². The maximum absolute atomic E-state index is 4.43. The van der Waals surface area contributed by atoms with Crippen molar-refractivity contribution in [2.24, 2.45) is 0 Å². The van der Waals surface area contributed by atoms with Gasteiger partial charge in [0, 0.05) is 24.2 Å². The summed E-state index contributed by atoms with van der Waals surface area (Å²) >= 11 is 0. The Bertz CT molecular complexity index is 705. The van der Waals surface area contributed by atoms with E-state index in [2.05, 4.69) is 39.2 Å². The molecule has 19 heavy (non-hydrogen) atoms. The van der Waals surface area contributed by atoms with E-state index in [1.807, 2.05) is 36.5 Å². The second-order valence-electron chi connectivity index (χ2n) is 4.22. The number of rotatable bonds is 3. The Morgan fingerprint density at radius 1 is 0.947 bits per heavy atom. The van der Waals surface area contributed by atoms with Crippen molar-refractivity contribution in [3.8, 4) is 0 Å². The maximum Gasteiger partial charge on any atom is 0.162 e. The summed E-state index contributed by atoms with van der Waals surface area (Å²) in [6.45, 7) is 0. The smallest absolute Gasteiger partial charge is 0.162 e. The molecule has 0 saturated carbocycles. The number of fused-ring (bicyclic) bond motifs is 1. The first-order valence-electron chi connectivity index (χ1n) is 6.20. The van der Waals surface area contributed by atoms with Gasteiger partial charge in [0.05, 0.1) is 0 Å². The third kappa shape index (κ3) is 2.83. The molecule has 2 heterocycles. The van der Waals surface area contributed by atoms with Gasteiger partial charge in [-0.2, -0.15) is 0 Å². The van der Waals surface area contributed by atoms with Crippen molar-refractivity contribution in [3.05, 3.63) is 72.3 Å². The summed E-state index contributed by atoms with van der Waals surface area (Å²) < 4.78 is 0. The lowest BCUT2D eigenvalue weighted by Gasteiger charge is -1.98. The topological polar surface area (TPSA) is 38.7 Å². The number of allylic oxidation sites excluding steroid dienone is 1. The van der Waals surface area contributed by atoms with Crippen LogP contribution in [0.2, 0.25) is 0 Å². The minimum atomic E-state index is 0.710. The van der Waals surface area contributed by atoms with Crippen molar-refractivity contribution in [2.75, 3.05) is 0 Å². The van der Waals surface area contributed by atoms with Gasteiger partial charge < -0.3 is 0 Å². The van der Waals surface area contributed by atoms with Gasteiger partial charge >= 0.3 is 0 Å². The first-order chi connectivity index (χ1) is 9.42. The van der Waals surface area contributed by atoms with E-state index in [4.69, 9.17) is 0 Å². The summed E-state index contributed by atoms with van der Waals surface area (Å²) in [7, 11) is 0. The fourth-order valence-corrected chi connectivity index (χ4v) is 1.86. The molecule has 0 aliphatic heterocycles. The summed E-state index contributed by atoms with van der Waals surface area (Å²) in [6, 6.07) is 14.0. The zero-order valence-electron chi connectivity index (χ0n) is 10.4. The van der Waals surface area contributed by atoms with Gasteiger partial charge in [-0.25, -0.2) is 15.0 Å². The average molecular weight is 247 g/mol. The monoisotopic (exact) mass is 247 g/mol. The van der Waals surface area contributed by atoms with Crippen LogP contribution in [0.1, 0.15) is 11.4 Å². The van der Waals surface area contributed by atoms with Crippen molar-refractivity contribution in [1.29, 1.82) is 0 Å². The van der Waals surface area contributed by atoms with Gasteiger partial charge in [-0.3, -0.25) is 0 Å². The first kappa shape index (κ1) is 11.5. The van der Waals surface area contributed by atoms with Crippen LogP contribution in [-0.2, 0) is 6.42 Å². The highest BCUT2D eigenvalue weighted by molar-refractivity contribution is 5.72. The standard InChI is InChI=1S/C16H13N3/c1-2-6-13(7-3-1)8-4-10-15-18-12-14-9-5-11-17-16(14)19-15/h1-9,11-12H,10H2. The summed E-state index contributed by atoms with van der Waals surface area (Å²) in [5.41, 5.74) is 1.93. The number of pyridine rings is 1. The minimum absolute atomic E-state index is 0.710. The van der Waals surface area contributed by atoms with Gasteiger partial charge in [0.1, 0.15) is 5.82 Å². The van der Waals surface area contributed by atoms with Crippen LogP contribution in [0, 0.1) is 0 Å². The molecule has 3 rings (SSSR count). The third-order valence-corrected chi connectivity index (χ3v) is 2.81. The lowest BCUT2D eigenvalue weighted by Crippen LogP contribution is -1.94. The maximum atomic E-state index is 4.43. The Balaban J connectivity index is 1.77. The van der Waals surface area contributed by atoms with Gasteiger partial charge in [-0.05, 0) is 17.7 Å². The Kier molecular flexibility index (Phi) is 3.28. The van der Waals surface area contributed by atoms with Gasteiger partial charge in [-0.15, -0.1) is 0 Å². The number of benzene rings is 1. The second kappa shape index (κ2) is 5.40. The van der Waals surface area contributed by atoms with E-state index in [9.17, 15) is 0 Å². The zero-order valence-corrected chi connectivity index (χ0v) is 10.4. The van der Waals surface area contributed by atoms with E-state index < -0.39 is 0 Å². The molecule has 3 aromatic rings. The van der Waals surface area contributed by atoms with Crippen LogP contribution in [0.15, 0.2) is 60.9 Å². The molecule has 0 bridgehead atoms. The van der Waals surface area contributed by atoms with Crippen LogP contribution in [0.25, 0.3) is 17.1 Å². The summed E-state index contributed by atoms with van der Waals surface area (Å²) in [6.07, 6.45) is 8.42. The molecule has 0 radical (unpaired) electrons. The summed E-state index contributed by atoms with van der Waals surface area (Å²) in [5.74, 6) is 0.790. The predicted octanol–water partition coefficient (Wildman–Crippen LogP) is 3.28. The van der Waals surface area contributed by atoms with Gasteiger partial charge in [0.25, 0.3) is 0 Å². The molecule has 0 saturated heterocycles. The molecule has 0 amide bonds.